The lowest BCUT2D eigenvalue weighted by Gasteiger charge is -2.26. The van der Waals surface area contributed by atoms with Gasteiger partial charge in [0.05, 0.1) is 5.56 Å². The van der Waals surface area contributed by atoms with Crippen LogP contribution in [0.1, 0.15) is 30.5 Å². The Morgan fingerprint density at radius 1 is 0.946 bits per heavy atom. The van der Waals surface area contributed by atoms with E-state index in [0.29, 0.717) is 11.8 Å². The number of aromatic nitrogens is 2. The van der Waals surface area contributed by atoms with Crippen LogP contribution in [0.3, 0.4) is 0 Å². The third kappa shape index (κ3) is 3.69. The number of hydrogen-bond acceptors (Lipinski definition) is 2. The van der Waals surface area contributed by atoms with Crippen LogP contribution in [0, 0.1) is 19.8 Å². The SMILES string of the molecule is Cc1cc2cc(CC(C)C)cc3c2c(c1C)-c1c(nc2c([Si](C)(C)c4ccccc4)cccc2[n+]1C)O3. The van der Waals surface area contributed by atoms with Gasteiger partial charge in [0.15, 0.2) is 0 Å². The van der Waals surface area contributed by atoms with Crippen molar-refractivity contribution in [2.45, 2.75) is 47.2 Å². The maximum Gasteiger partial charge on any atom is 0.294 e. The Bertz CT molecular complexity index is 1700. The lowest BCUT2D eigenvalue weighted by atomic mass is 9.89. The first-order valence-corrected chi connectivity index (χ1v) is 16.3. The first-order chi connectivity index (χ1) is 17.7. The second-order valence-corrected chi connectivity index (χ2v) is 15.9. The van der Waals surface area contributed by atoms with E-state index in [-0.39, 0.29) is 0 Å². The first-order valence-electron chi connectivity index (χ1n) is 13.3. The van der Waals surface area contributed by atoms with Crippen molar-refractivity contribution in [3.63, 3.8) is 0 Å². The molecular weight excluding hydrogens is 468 g/mol. The molecule has 0 spiro atoms. The van der Waals surface area contributed by atoms with Crippen molar-refractivity contribution in [2.75, 3.05) is 0 Å². The van der Waals surface area contributed by atoms with Crippen molar-refractivity contribution in [2.24, 2.45) is 13.0 Å². The third-order valence-electron chi connectivity index (χ3n) is 8.16. The van der Waals surface area contributed by atoms with Gasteiger partial charge in [-0.15, -0.1) is 0 Å². The molecule has 0 radical (unpaired) electrons. The summed E-state index contributed by atoms with van der Waals surface area (Å²) >= 11 is 0. The molecule has 2 heterocycles. The van der Waals surface area contributed by atoms with Crippen molar-refractivity contribution < 1.29 is 9.30 Å². The number of fused-ring (bicyclic) bond motifs is 3. The molecule has 0 N–H and O–H groups in total. The van der Waals surface area contributed by atoms with E-state index in [1.54, 1.807) is 0 Å². The number of rotatable bonds is 4. The Morgan fingerprint density at radius 3 is 2.43 bits per heavy atom. The smallest absolute Gasteiger partial charge is 0.294 e. The zero-order chi connectivity index (χ0) is 26.1. The number of ether oxygens (including phenoxy) is 1. The van der Waals surface area contributed by atoms with E-state index in [0.717, 1.165) is 28.9 Å². The van der Waals surface area contributed by atoms with E-state index in [2.05, 4.69) is 119 Å². The Labute approximate surface area is 220 Å². The van der Waals surface area contributed by atoms with Crippen LogP contribution in [0.2, 0.25) is 13.1 Å². The summed E-state index contributed by atoms with van der Waals surface area (Å²) < 4.78 is 9.02. The van der Waals surface area contributed by atoms with Crippen LogP contribution in [-0.4, -0.2) is 13.1 Å². The molecule has 5 aromatic rings. The predicted molar refractivity (Wildman–Crippen MR) is 157 cm³/mol. The van der Waals surface area contributed by atoms with Crippen molar-refractivity contribution in [1.29, 1.82) is 0 Å². The lowest BCUT2D eigenvalue weighted by Crippen LogP contribution is -2.53. The third-order valence-corrected chi connectivity index (χ3v) is 11.7. The fraction of sp³-hybridized carbons (Fsp3) is 0.273. The van der Waals surface area contributed by atoms with Crippen LogP contribution >= 0.6 is 0 Å². The van der Waals surface area contributed by atoms with E-state index >= 15 is 0 Å². The maximum absolute atomic E-state index is 6.71. The van der Waals surface area contributed by atoms with Gasteiger partial charge in [-0.1, -0.05) is 86.7 Å². The van der Waals surface area contributed by atoms with E-state index < -0.39 is 8.07 Å². The van der Waals surface area contributed by atoms with Crippen LogP contribution in [0.5, 0.6) is 11.6 Å². The van der Waals surface area contributed by atoms with Crippen LogP contribution in [0.25, 0.3) is 33.1 Å². The summed E-state index contributed by atoms with van der Waals surface area (Å²) in [4.78, 5) is 5.31. The Balaban J connectivity index is 1.66. The molecule has 37 heavy (non-hydrogen) atoms. The highest BCUT2D eigenvalue weighted by Crippen LogP contribution is 2.47. The number of aryl methyl sites for hydroxylation is 2. The highest BCUT2D eigenvalue weighted by Gasteiger charge is 2.36. The molecule has 4 aromatic carbocycles. The van der Waals surface area contributed by atoms with Gasteiger partial charge >= 0.3 is 0 Å². The molecule has 0 saturated heterocycles. The van der Waals surface area contributed by atoms with Crippen molar-refractivity contribution in [1.82, 2.24) is 4.98 Å². The summed E-state index contributed by atoms with van der Waals surface area (Å²) in [7, 11) is 0.178. The van der Waals surface area contributed by atoms with Gasteiger partial charge in [-0.05, 0) is 59.5 Å². The fourth-order valence-corrected chi connectivity index (χ4v) is 8.70. The molecule has 0 amide bonds. The molecule has 0 atom stereocenters. The quantitative estimate of drug-likeness (QED) is 0.199. The average Bonchev–Trinajstić information content (AvgIpc) is 2.86. The number of para-hydroxylation sites is 1. The molecule has 6 rings (SSSR count). The minimum atomic E-state index is -1.99. The van der Waals surface area contributed by atoms with Crippen LogP contribution < -0.4 is 19.7 Å². The second kappa shape index (κ2) is 8.52. The second-order valence-electron chi connectivity index (χ2n) is 11.6. The minimum Gasteiger partial charge on any atom is -0.433 e. The molecule has 0 unspecified atom stereocenters. The zero-order valence-electron chi connectivity index (χ0n) is 22.9. The van der Waals surface area contributed by atoms with Gasteiger partial charge in [-0.3, -0.25) is 0 Å². The summed E-state index contributed by atoms with van der Waals surface area (Å²) in [5.41, 5.74) is 8.43. The number of hydrogen-bond donors (Lipinski definition) is 0. The zero-order valence-corrected chi connectivity index (χ0v) is 23.9. The molecule has 1 aromatic heterocycles. The molecule has 186 valence electrons. The monoisotopic (exact) mass is 503 g/mol. The maximum atomic E-state index is 6.71. The Kier molecular flexibility index (Phi) is 5.50. The summed E-state index contributed by atoms with van der Waals surface area (Å²) in [6, 6.07) is 24.5. The van der Waals surface area contributed by atoms with Crippen LogP contribution in [0.4, 0.5) is 0 Å². The number of benzene rings is 4. The first kappa shape index (κ1) is 23.9. The van der Waals surface area contributed by atoms with Crippen molar-refractivity contribution >= 4 is 40.3 Å². The molecule has 0 bridgehead atoms. The predicted octanol–water partition coefficient (Wildman–Crippen LogP) is 6.62. The van der Waals surface area contributed by atoms with Gasteiger partial charge in [0, 0.05) is 11.5 Å². The summed E-state index contributed by atoms with van der Waals surface area (Å²) in [6.07, 6.45) is 1.03. The van der Waals surface area contributed by atoms with Gasteiger partial charge in [-0.2, -0.15) is 4.57 Å². The molecule has 0 fully saturated rings. The van der Waals surface area contributed by atoms with Gasteiger partial charge < -0.3 is 4.74 Å². The largest absolute Gasteiger partial charge is 0.433 e. The standard InChI is InChI=1S/C33H35N2OSi/c1-20(2)16-23-18-24-17-21(3)22(4)29-30(24)27(19-23)36-33-32(29)35(5)26-14-11-15-28(31(26)34-33)37(6,7)25-12-9-8-10-13-25/h8-15,17-20H,16H2,1-7H3/q+1. The van der Waals surface area contributed by atoms with Crippen molar-refractivity contribution in [3.05, 3.63) is 83.4 Å². The molecule has 4 heteroatoms. The molecular formula is C33H35N2OSi+. The minimum absolute atomic E-state index is 0.583. The average molecular weight is 504 g/mol. The molecule has 0 aliphatic carbocycles. The van der Waals surface area contributed by atoms with E-state index in [1.807, 2.05) is 0 Å². The van der Waals surface area contributed by atoms with Crippen LogP contribution in [0.15, 0.2) is 66.7 Å². The topological polar surface area (TPSA) is 26.0 Å². The van der Waals surface area contributed by atoms with Crippen LogP contribution in [-0.2, 0) is 13.5 Å². The van der Waals surface area contributed by atoms with E-state index in [9.17, 15) is 0 Å². The van der Waals surface area contributed by atoms with Gasteiger partial charge in [-0.25, -0.2) is 4.98 Å². The molecule has 3 nitrogen and oxygen atoms in total. The summed E-state index contributed by atoms with van der Waals surface area (Å²) in [6.45, 7) is 13.8. The van der Waals surface area contributed by atoms with E-state index in [4.69, 9.17) is 9.72 Å². The molecule has 1 aliphatic heterocycles. The highest BCUT2D eigenvalue weighted by molar-refractivity contribution is 7.01. The number of nitrogens with zero attached hydrogens (tertiary/aromatic N) is 2. The molecule has 0 saturated carbocycles. The van der Waals surface area contributed by atoms with Crippen molar-refractivity contribution in [3.8, 4) is 22.9 Å². The van der Waals surface area contributed by atoms with Gasteiger partial charge in [0.2, 0.25) is 5.52 Å². The summed E-state index contributed by atoms with van der Waals surface area (Å²) in [5, 5.41) is 5.20. The fourth-order valence-electron chi connectivity index (χ4n) is 6.07. The highest BCUT2D eigenvalue weighted by atomic mass is 28.3. The summed E-state index contributed by atoms with van der Waals surface area (Å²) in [5.74, 6) is 2.23. The molecule has 1 aliphatic rings. The Morgan fingerprint density at radius 2 is 1.70 bits per heavy atom. The van der Waals surface area contributed by atoms with Gasteiger partial charge in [0.1, 0.15) is 26.4 Å². The normalized spacial score (nSPS) is 12.8. The Hall–Kier alpha value is -3.50. The van der Waals surface area contributed by atoms with E-state index in [1.165, 1.54) is 43.4 Å². The van der Waals surface area contributed by atoms with Gasteiger partial charge in [0.25, 0.3) is 11.6 Å². The lowest BCUT2D eigenvalue weighted by molar-refractivity contribution is -0.634.